The van der Waals surface area contributed by atoms with Crippen LogP contribution in [0.25, 0.3) is 0 Å². The Morgan fingerprint density at radius 3 is 2.15 bits per heavy atom. The highest BCUT2D eigenvalue weighted by Crippen LogP contribution is 2.33. The molecule has 2 aliphatic rings. The minimum Gasteiger partial charge on any atom is -0.493 e. The standard InChI is InChI=1S/C18H23N3O5/c1-11(2)21-17(23)16(22)20(18(21)24)10-19-6-5-12-7-14(25-3)15(26-4)8-13(12)9-19/h7-8,11H,5-6,9-10H2,1-4H3. The molecule has 0 N–H and O–H groups in total. The SMILES string of the molecule is COc1cc2c(cc1OC)CN(CN1C(=O)C(=O)N(C(C)C)C1=O)CC2. The van der Waals surface area contributed by atoms with Gasteiger partial charge in [-0.05, 0) is 43.5 Å². The maximum Gasteiger partial charge on any atom is 0.335 e. The summed E-state index contributed by atoms with van der Waals surface area (Å²) in [6.45, 7) is 4.76. The number of amides is 4. The molecular formula is C18H23N3O5. The van der Waals surface area contributed by atoms with Gasteiger partial charge in [-0.3, -0.25) is 19.4 Å². The second-order valence-electron chi connectivity index (χ2n) is 6.70. The largest absolute Gasteiger partial charge is 0.493 e. The van der Waals surface area contributed by atoms with Crippen LogP contribution in [0.4, 0.5) is 4.79 Å². The molecule has 1 fully saturated rings. The summed E-state index contributed by atoms with van der Waals surface area (Å²) in [4.78, 5) is 40.6. The maximum absolute atomic E-state index is 12.4. The van der Waals surface area contributed by atoms with Crippen molar-refractivity contribution in [2.75, 3.05) is 27.4 Å². The van der Waals surface area contributed by atoms with Crippen LogP contribution in [-0.4, -0.2) is 66.0 Å². The molecule has 0 aliphatic carbocycles. The molecule has 1 saturated heterocycles. The van der Waals surface area contributed by atoms with E-state index in [1.54, 1.807) is 28.1 Å². The van der Waals surface area contributed by atoms with Crippen molar-refractivity contribution in [3.05, 3.63) is 23.3 Å². The van der Waals surface area contributed by atoms with E-state index in [9.17, 15) is 14.4 Å². The average molecular weight is 361 g/mol. The number of methoxy groups -OCH3 is 2. The lowest BCUT2D eigenvalue weighted by atomic mass is 9.99. The summed E-state index contributed by atoms with van der Waals surface area (Å²) in [6, 6.07) is 2.98. The van der Waals surface area contributed by atoms with Gasteiger partial charge in [0.25, 0.3) is 0 Å². The second-order valence-corrected chi connectivity index (χ2v) is 6.70. The molecule has 3 rings (SSSR count). The van der Waals surface area contributed by atoms with Gasteiger partial charge in [-0.25, -0.2) is 9.69 Å². The van der Waals surface area contributed by atoms with E-state index < -0.39 is 17.8 Å². The number of benzene rings is 1. The van der Waals surface area contributed by atoms with Crippen molar-refractivity contribution in [1.82, 2.24) is 14.7 Å². The van der Waals surface area contributed by atoms with Gasteiger partial charge in [0.1, 0.15) is 0 Å². The number of hydrogen-bond donors (Lipinski definition) is 0. The van der Waals surface area contributed by atoms with Crippen molar-refractivity contribution >= 4 is 17.8 Å². The Labute approximate surface area is 152 Å². The van der Waals surface area contributed by atoms with E-state index in [1.807, 2.05) is 17.0 Å². The minimum atomic E-state index is -0.762. The molecule has 0 aromatic heterocycles. The lowest BCUT2D eigenvalue weighted by Crippen LogP contribution is -2.44. The van der Waals surface area contributed by atoms with Crippen molar-refractivity contribution in [2.45, 2.75) is 32.9 Å². The summed E-state index contributed by atoms with van der Waals surface area (Å²) in [5, 5.41) is 0. The van der Waals surface area contributed by atoms with E-state index >= 15 is 0 Å². The predicted molar refractivity (Wildman–Crippen MR) is 92.8 cm³/mol. The molecule has 2 aliphatic heterocycles. The number of urea groups is 1. The van der Waals surface area contributed by atoms with Crippen LogP contribution in [0.3, 0.4) is 0 Å². The van der Waals surface area contributed by atoms with Crippen molar-refractivity contribution in [1.29, 1.82) is 0 Å². The molecule has 4 amide bonds. The fourth-order valence-electron chi connectivity index (χ4n) is 3.36. The monoisotopic (exact) mass is 361 g/mol. The molecule has 2 heterocycles. The van der Waals surface area contributed by atoms with Crippen LogP contribution in [0, 0.1) is 0 Å². The van der Waals surface area contributed by atoms with Gasteiger partial charge in [0.15, 0.2) is 11.5 Å². The lowest BCUT2D eigenvalue weighted by Gasteiger charge is -2.31. The summed E-state index contributed by atoms with van der Waals surface area (Å²) in [6.07, 6.45) is 0.758. The molecule has 0 unspecified atom stereocenters. The van der Waals surface area contributed by atoms with E-state index in [0.717, 1.165) is 27.3 Å². The Bertz CT molecular complexity index is 761. The topological polar surface area (TPSA) is 79.4 Å². The van der Waals surface area contributed by atoms with Crippen LogP contribution < -0.4 is 9.47 Å². The Hall–Kier alpha value is -2.61. The van der Waals surface area contributed by atoms with Crippen LogP contribution in [0.2, 0.25) is 0 Å². The fraction of sp³-hybridized carbons (Fsp3) is 0.500. The number of imide groups is 2. The molecule has 0 bridgehead atoms. The van der Waals surface area contributed by atoms with Crippen molar-refractivity contribution in [3.8, 4) is 11.5 Å². The molecule has 140 valence electrons. The van der Waals surface area contributed by atoms with E-state index in [4.69, 9.17) is 9.47 Å². The number of carbonyl (C=O) groups excluding carboxylic acids is 3. The zero-order valence-electron chi connectivity index (χ0n) is 15.4. The minimum absolute atomic E-state index is 0.0976. The number of nitrogens with zero attached hydrogens (tertiary/aromatic N) is 3. The van der Waals surface area contributed by atoms with E-state index in [2.05, 4.69) is 0 Å². The third-order valence-corrected chi connectivity index (χ3v) is 4.74. The van der Waals surface area contributed by atoms with Crippen LogP contribution in [-0.2, 0) is 22.6 Å². The van der Waals surface area contributed by atoms with Gasteiger partial charge in [0.05, 0.1) is 20.9 Å². The fourth-order valence-corrected chi connectivity index (χ4v) is 3.36. The number of rotatable bonds is 5. The Balaban J connectivity index is 1.77. The zero-order valence-corrected chi connectivity index (χ0v) is 15.4. The van der Waals surface area contributed by atoms with E-state index in [-0.39, 0.29) is 12.7 Å². The Morgan fingerprint density at radius 2 is 1.62 bits per heavy atom. The highest BCUT2D eigenvalue weighted by Gasteiger charge is 2.46. The molecule has 1 aromatic rings. The molecule has 0 atom stereocenters. The van der Waals surface area contributed by atoms with Gasteiger partial charge in [0, 0.05) is 19.1 Å². The van der Waals surface area contributed by atoms with Gasteiger partial charge in [0.2, 0.25) is 0 Å². The Morgan fingerprint density at radius 1 is 1.00 bits per heavy atom. The Kier molecular flexibility index (Phi) is 4.86. The van der Waals surface area contributed by atoms with Crippen molar-refractivity contribution < 1.29 is 23.9 Å². The molecule has 0 saturated carbocycles. The number of hydrogen-bond acceptors (Lipinski definition) is 6. The van der Waals surface area contributed by atoms with Gasteiger partial charge in [-0.2, -0.15) is 0 Å². The summed E-state index contributed by atoms with van der Waals surface area (Å²) >= 11 is 0. The van der Waals surface area contributed by atoms with Crippen LogP contribution >= 0.6 is 0 Å². The molecule has 1 aromatic carbocycles. The number of fused-ring (bicyclic) bond motifs is 1. The highest BCUT2D eigenvalue weighted by atomic mass is 16.5. The first-order chi connectivity index (χ1) is 12.4. The van der Waals surface area contributed by atoms with E-state index in [0.29, 0.717) is 24.6 Å². The van der Waals surface area contributed by atoms with Gasteiger partial charge >= 0.3 is 17.8 Å². The molecule has 26 heavy (non-hydrogen) atoms. The first-order valence-electron chi connectivity index (χ1n) is 8.52. The molecule has 0 radical (unpaired) electrons. The predicted octanol–water partition coefficient (Wildman–Crippen LogP) is 1.22. The zero-order chi connectivity index (χ0) is 19.0. The smallest absolute Gasteiger partial charge is 0.335 e. The molecule has 8 nitrogen and oxygen atoms in total. The third kappa shape index (κ3) is 3.01. The molecule has 8 heteroatoms. The van der Waals surface area contributed by atoms with Crippen molar-refractivity contribution in [3.63, 3.8) is 0 Å². The second kappa shape index (κ2) is 6.95. The maximum atomic E-state index is 12.4. The van der Waals surface area contributed by atoms with Crippen LogP contribution in [0.1, 0.15) is 25.0 Å². The highest BCUT2D eigenvalue weighted by molar-refractivity contribution is 6.44. The van der Waals surface area contributed by atoms with Crippen LogP contribution in [0.5, 0.6) is 11.5 Å². The number of ether oxygens (including phenoxy) is 2. The molecular weight excluding hydrogens is 338 g/mol. The first kappa shape index (κ1) is 18.2. The van der Waals surface area contributed by atoms with E-state index in [1.165, 1.54) is 0 Å². The molecule has 0 spiro atoms. The normalized spacial score (nSPS) is 18.0. The number of carbonyl (C=O) groups is 3. The van der Waals surface area contributed by atoms with Gasteiger partial charge in [-0.1, -0.05) is 0 Å². The average Bonchev–Trinajstić information content (AvgIpc) is 2.83. The summed E-state index contributed by atoms with van der Waals surface area (Å²) in [5.41, 5.74) is 2.21. The summed E-state index contributed by atoms with van der Waals surface area (Å²) in [7, 11) is 3.18. The first-order valence-corrected chi connectivity index (χ1v) is 8.52. The van der Waals surface area contributed by atoms with Crippen molar-refractivity contribution in [2.24, 2.45) is 0 Å². The third-order valence-electron chi connectivity index (χ3n) is 4.74. The quantitative estimate of drug-likeness (QED) is 0.580. The van der Waals surface area contributed by atoms with Crippen LogP contribution in [0.15, 0.2) is 12.1 Å². The van der Waals surface area contributed by atoms with Gasteiger partial charge < -0.3 is 9.47 Å². The summed E-state index contributed by atoms with van der Waals surface area (Å²) < 4.78 is 10.7. The lowest BCUT2D eigenvalue weighted by molar-refractivity contribution is -0.144. The van der Waals surface area contributed by atoms with Gasteiger partial charge in [-0.15, -0.1) is 0 Å². The summed E-state index contributed by atoms with van der Waals surface area (Å²) in [5.74, 6) is -0.194.